The molecule has 0 saturated carbocycles. The topological polar surface area (TPSA) is 120 Å². The van der Waals surface area contributed by atoms with Gasteiger partial charge in [0.25, 0.3) is 5.91 Å². The van der Waals surface area contributed by atoms with Crippen LogP contribution in [0.4, 0.5) is 5.88 Å². The summed E-state index contributed by atoms with van der Waals surface area (Å²) in [6.45, 7) is -0.973. The number of nitrogens with one attached hydrogen (secondary N) is 1. The first-order valence-corrected chi connectivity index (χ1v) is 12.4. The number of carbonyl (C=O) groups is 2. The fraction of sp³-hybridized carbons (Fsp3) is 0.138. The van der Waals surface area contributed by atoms with Crippen molar-refractivity contribution in [1.82, 2.24) is 0 Å². The van der Waals surface area contributed by atoms with E-state index in [1.807, 2.05) is 6.07 Å². The molecule has 9 nitrogen and oxygen atoms in total. The number of amides is 1. The predicted octanol–water partition coefficient (Wildman–Crippen LogP) is 5.83. The quantitative estimate of drug-likeness (QED) is 0.229. The molecule has 0 aliphatic carbocycles. The average Bonchev–Trinajstić information content (AvgIpc) is 3.32. The highest BCUT2D eigenvalue weighted by Gasteiger charge is 2.25. The first-order valence-electron chi connectivity index (χ1n) is 11.6. The van der Waals surface area contributed by atoms with Crippen LogP contribution in [0.15, 0.2) is 81.7 Å². The standard InChI is InChI=1S/C29H23BrN2O7/c1-35-21-10-6-18(7-11-21)27-24(15-31)29(39-28(27)19-8-12-22(36-2)13-9-19)32-25(33)16-38-26(34)17-37-23-5-3-4-20(30)14-23/h3-14H,16-17H2,1-2H3,(H,32,33). The predicted molar refractivity (Wildman–Crippen MR) is 147 cm³/mol. The fourth-order valence-corrected chi connectivity index (χ4v) is 4.03. The molecule has 0 saturated heterocycles. The highest BCUT2D eigenvalue weighted by atomic mass is 79.9. The Morgan fingerprint density at radius 3 is 2.13 bits per heavy atom. The lowest BCUT2D eigenvalue weighted by molar-refractivity contribution is -0.149. The van der Waals surface area contributed by atoms with Crippen LogP contribution in [-0.2, 0) is 14.3 Å². The minimum atomic E-state index is -0.733. The van der Waals surface area contributed by atoms with E-state index < -0.39 is 18.5 Å². The largest absolute Gasteiger partial charge is 0.497 e. The van der Waals surface area contributed by atoms with Crippen LogP contribution >= 0.6 is 15.9 Å². The van der Waals surface area contributed by atoms with Crippen LogP contribution < -0.4 is 19.5 Å². The number of methoxy groups -OCH3 is 2. The summed E-state index contributed by atoms with van der Waals surface area (Å²) >= 11 is 3.32. The minimum absolute atomic E-state index is 0.0689. The van der Waals surface area contributed by atoms with E-state index in [9.17, 15) is 14.9 Å². The van der Waals surface area contributed by atoms with Crippen molar-refractivity contribution in [3.63, 3.8) is 0 Å². The van der Waals surface area contributed by atoms with Crippen molar-refractivity contribution in [3.8, 4) is 45.8 Å². The van der Waals surface area contributed by atoms with Crippen molar-refractivity contribution in [2.45, 2.75) is 0 Å². The normalized spacial score (nSPS) is 10.3. The zero-order valence-electron chi connectivity index (χ0n) is 21.0. The van der Waals surface area contributed by atoms with Gasteiger partial charge in [0.15, 0.2) is 13.2 Å². The second-order valence-corrected chi connectivity index (χ2v) is 8.95. The molecule has 4 rings (SSSR count). The van der Waals surface area contributed by atoms with Crippen molar-refractivity contribution < 1.29 is 33.0 Å². The van der Waals surface area contributed by atoms with Crippen molar-refractivity contribution in [3.05, 3.63) is 82.8 Å². The Morgan fingerprint density at radius 1 is 0.897 bits per heavy atom. The molecule has 0 aliphatic rings. The molecule has 0 aliphatic heterocycles. The van der Waals surface area contributed by atoms with Gasteiger partial charge in [-0.15, -0.1) is 0 Å². The van der Waals surface area contributed by atoms with E-state index in [4.69, 9.17) is 23.4 Å². The number of hydrogen-bond donors (Lipinski definition) is 1. The van der Waals surface area contributed by atoms with E-state index in [1.165, 1.54) is 0 Å². The maximum atomic E-state index is 12.6. The molecule has 39 heavy (non-hydrogen) atoms. The zero-order chi connectivity index (χ0) is 27.8. The molecule has 10 heteroatoms. The van der Waals surface area contributed by atoms with E-state index in [1.54, 1.807) is 80.9 Å². The average molecular weight is 591 g/mol. The molecular formula is C29H23BrN2O7. The van der Waals surface area contributed by atoms with Crippen LogP contribution in [0.1, 0.15) is 5.56 Å². The first-order chi connectivity index (χ1) is 18.9. The van der Waals surface area contributed by atoms with Crippen LogP contribution in [0, 0.1) is 11.3 Å². The smallest absolute Gasteiger partial charge is 0.344 e. The zero-order valence-corrected chi connectivity index (χ0v) is 22.6. The lowest BCUT2D eigenvalue weighted by atomic mass is 9.98. The van der Waals surface area contributed by atoms with Crippen LogP contribution in [0.25, 0.3) is 22.5 Å². The van der Waals surface area contributed by atoms with Gasteiger partial charge < -0.3 is 23.4 Å². The van der Waals surface area contributed by atoms with E-state index in [0.717, 1.165) is 4.47 Å². The molecule has 3 aromatic carbocycles. The summed E-state index contributed by atoms with van der Waals surface area (Å²) in [5, 5.41) is 12.6. The highest BCUT2D eigenvalue weighted by Crippen LogP contribution is 2.42. The molecule has 0 spiro atoms. The van der Waals surface area contributed by atoms with Crippen molar-refractivity contribution in [2.75, 3.05) is 32.8 Å². The number of anilines is 1. The number of hydrogen-bond acceptors (Lipinski definition) is 8. The Kier molecular flexibility index (Phi) is 8.86. The molecule has 1 heterocycles. The molecule has 4 aromatic rings. The van der Waals surface area contributed by atoms with Gasteiger partial charge in [-0.25, -0.2) is 4.79 Å². The molecule has 0 atom stereocenters. The van der Waals surface area contributed by atoms with Gasteiger partial charge in [0.2, 0.25) is 5.88 Å². The number of nitriles is 1. The third kappa shape index (κ3) is 6.77. The van der Waals surface area contributed by atoms with Crippen LogP contribution in [0.5, 0.6) is 17.2 Å². The van der Waals surface area contributed by atoms with Gasteiger partial charge >= 0.3 is 5.97 Å². The van der Waals surface area contributed by atoms with Crippen molar-refractivity contribution in [2.24, 2.45) is 0 Å². The Hall–Kier alpha value is -4.75. The van der Waals surface area contributed by atoms with Crippen LogP contribution in [0.2, 0.25) is 0 Å². The monoisotopic (exact) mass is 590 g/mol. The van der Waals surface area contributed by atoms with E-state index in [-0.39, 0.29) is 18.1 Å². The van der Waals surface area contributed by atoms with Gasteiger partial charge in [-0.1, -0.05) is 34.1 Å². The summed E-state index contributed by atoms with van der Waals surface area (Å²) < 4.78 is 27.7. The number of carbonyl (C=O) groups excluding carboxylic acids is 2. The third-order valence-corrected chi connectivity index (χ3v) is 6.01. The lowest BCUT2D eigenvalue weighted by Crippen LogP contribution is -2.23. The molecule has 0 bridgehead atoms. The number of rotatable bonds is 10. The molecule has 198 valence electrons. The van der Waals surface area contributed by atoms with Crippen LogP contribution in [0.3, 0.4) is 0 Å². The van der Waals surface area contributed by atoms with Gasteiger partial charge in [-0.3, -0.25) is 10.1 Å². The summed E-state index contributed by atoms with van der Waals surface area (Å²) in [6.07, 6.45) is 0. The first kappa shape index (κ1) is 27.3. The summed E-state index contributed by atoms with van der Waals surface area (Å²) in [4.78, 5) is 24.7. The number of halogens is 1. The Balaban J connectivity index is 1.53. The molecule has 0 radical (unpaired) electrons. The number of esters is 1. The molecule has 1 aromatic heterocycles. The Bertz CT molecular complexity index is 1510. The van der Waals surface area contributed by atoms with Gasteiger partial charge in [0.05, 0.1) is 14.2 Å². The summed E-state index contributed by atoms with van der Waals surface area (Å²) in [6, 6.07) is 23.3. The highest BCUT2D eigenvalue weighted by molar-refractivity contribution is 9.10. The fourth-order valence-electron chi connectivity index (χ4n) is 3.65. The number of ether oxygens (including phenoxy) is 4. The molecule has 1 amide bonds. The number of nitrogens with zero attached hydrogens (tertiary/aromatic N) is 1. The lowest BCUT2D eigenvalue weighted by Gasteiger charge is -2.07. The maximum absolute atomic E-state index is 12.6. The SMILES string of the molecule is COc1ccc(-c2oc(NC(=O)COC(=O)COc3cccc(Br)c3)c(C#N)c2-c2ccc(OC)cc2)cc1. The summed E-state index contributed by atoms with van der Waals surface area (Å²) in [7, 11) is 3.12. The molecule has 0 fully saturated rings. The van der Waals surface area contributed by atoms with Crippen molar-refractivity contribution >= 4 is 33.7 Å². The van der Waals surface area contributed by atoms with Gasteiger partial charge in [0.1, 0.15) is 34.6 Å². The van der Waals surface area contributed by atoms with Gasteiger partial charge in [-0.05, 0) is 60.2 Å². The Labute approximate surface area is 233 Å². The second kappa shape index (κ2) is 12.7. The number of furan rings is 1. The maximum Gasteiger partial charge on any atom is 0.344 e. The van der Waals surface area contributed by atoms with E-state index >= 15 is 0 Å². The van der Waals surface area contributed by atoms with E-state index in [2.05, 4.69) is 27.3 Å². The molecule has 0 unspecified atom stereocenters. The van der Waals surface area contributed by atoms with Gasteiger partial charge in [0, 0.05) is 15.6 Å². The van der Waals surface area contributed by atoms with Crippen LogP contribution in [-0.4, -0.2) is 39.3 Å². The number of benzene rings is 3. The summed E-state index contributed by atoms with van der Waals surface area (Å²) in [5.41, 5.74) is 1.94. The third-order valence-electron chi connectivity index (χ3n) is 5.52. The molecule has 1 N–H and O–H groups in total. The Morgan fingerprint density at radius 2 is 1.54 bits per heavy atom. The summed E-state index contributed by atoms with van der Waals surface area (Å²) in [5.74, 6) is 0.648. The molecular weight excluding hydrogens is 568 g/mol. The minimum Gasteiger partial charge on any atom is -0.497 e. The van der Waals surface area contributed by atoms with Gasteiger partial charge in [-0.2, -0.15) is 5.26 Å². The second-order valence-electron chi connectivity index (χ2n) is 8.03. The van der Waals surface area contributed by atoms with E-state index in [0.29, 0.717) is 39.7 Å². The van der Waals surface area contributed by atoms with Crippen molar-refractivity contribution in [1.29, 1.82) is 5.26 Å².